The number of H-pyrrole nitrogens is 1. The standard InChI is InChI=1S/C14H24ClN7O/c1-3-22(17)12(10(2)16)9-20-4-6-21(7-5-20)11-8-18-19-14(23)13(11)15/h8H,3-7,9,16-17H2,1-2H3,(H,19,23)/b12-10-. The number of nitrogens with zero attached hydrogens (tertiary/aromatic N) is 4. The van der Waals surface area contributed by atoms with Crippen molar-refractivity contribution < 1.29 is 0 Å². The van der Waals surface area contributed by atoms with Gasteiger partial charge in [0.15, 0.2) is 0 Å². The van der Waals surface area contributed by atoms with Gasteiger partial charge in [-0.15, -0.1) is 0 Å². The number of rotatable bonds is 5. The third-order valence-corrected chi connectivity index (χ3v) is 4.37. The Labute approximate surface area is 140 Å². The summed E-state index contributed by atoms with van der Waals surface area (Å²) in [6.45, 7) is 8.46. The number of hydrogen-bond acceptors (Lipinski definition) is 7. The number of halogens is 1. The second kappa shape index (κ2) is 7.67. The number of aromatic nitrogens is 2. The van der Waals surface area contributed by atoms with E-state index in [1.807, 2.05) is 13.8 Å². The zero-order chi connectivity index (χ0) is 17.0. The van der Waals surface area contributed by atoms with Gasteiger partial charge in [-0.25, -0.2) is 10.9 Å². The highest BCUT2D eigenvalue weighted by Gasteiger charge is 2.22. The highest BCUT2D eigenvalue weighted by atomic mass is 35.5. The molecule has 1 aliphatic rings. The van der Waals surface area contributed by atoms with Crippen molar-refractivity contribution in [3.8, 4) is 0 Å². The van der Waals surface area contributed by atoms with E-state index in [4.69, 9.17) is 23.2 Å². The van der Waals surface area contributed by atoms with Gasteiger partial charge in [0, 0.05) is 45.0 Å². The van der Waals surface area contributed by atoms with Gasteiger partial charge in [0.05, 0.1) is 17.6 Å². The number of hydrazine groups is 1. The lowest BCUT2D eigenvalue weighted by atomic mass is 10.2. The molecular weight excluding hydrogens is 318 g/mol. The number of nitrogens with one attached hydrogen (secondary N) is 1. The molecule has 0 aliphatic carbocycles. The lowest BCUT2D eigenvalue weighted by Gasteiger charge is -2.37. The summed E-state index contributed by atoms with van der Waals surface area (Å²) >= 11 is 6.06. The predicted octanol–water partition coefficient (Wildman–Crippen LogP) is -0.0689. The van der Waals surface area contributed by atoms with Crippen molar-refractivity contribution >= 4 is 17.3 Å². The summed E-state index contributed by atoms with van der Waals surface area (Å²) in [6, 6.07) is 0. The monoisotopic (exact) mass is 341 g/mol. The van der Waals surface area contributed by atoms with E-state index in [0.717, 1.165) is 37.6 Å². The molecule has 0 saturated carbocycles. The molecule has 0 unspecified atom stereocenters. The zero-order valence-corrected chi connectivity index (χ0v) is 14.3. The number of hydrogen-bond donors (Lipinski definition) is 3. The van der Waals surface area contributed by atoms with Crippen molar-refractivity contribution in [2.45, 2.75) is 13.8 Å². The fourth-order valence-electron chi connectivity index (χ4n) is 2.59. The van der Waals surface area contributed by atoms with E-state index in [1.54, 1.807) is 11.2 Å². The van der Waals surface area contributed by atoms with Crippen LogP contribution >= 0.6 is 11.6 Å². The van der Waals surface area contributed by atoms with E-state index in [2.05, 4.69) is 20.0 Å². The molecule has 5 N–H and O–H groups in total. The van der Waals surface area contributed by atoms with Crippen molar-refractivity contribution in [1.29, 1.82) is 0 Å². The number of anilines is 1. The first kappa shape index (κ1) is 17.6. The fraction of sp³-hybridized carbons (Fsp3) is 0.571. The predicted molar refractivity (Wildman–Crippen MR) is 92.0 cm³/mol. The maximum Gasteiger partial charge on any atom is 0.285 e. The molecule has 0 atom stereocenters. The summed E-state index contributed by atoms with van der Waals surface area (Å²) in [6.07, 6.45) is 1.59. The zero-order valence-electron chi connectivity index (χ0n) is 13.5. The molecule has 0 spiro atoms. The van der Waals surface area contributed by atoms with Crippen molar-refractivity contribution in [3.05, 3.63) is 33.0 Å². The Hall–Kier alpha value is -1.77. The Bertz CT molecular complexity index is 618. The molecule has 0 amide bonds. The minimum atomic E-state index is -0.364. The lowest BCUT2D eigenvalue weighted by molar-refractivity contribution is 0.241. The average molecular weight is 342 g/mol. The molecule has 23 heavy (non-hydrogen) atoms. The van der Waals surface area contributed by atoms with Crippen LogP contribution in [0.5, 0.6) is 0 Å². The van der Waals surface area contributed by atoms with Crippen LogP contribution in [0.3, 0.4) is 0 Å². The van der Waals surface area contributed by atoms with E-state index in [-0.39, 0.29) is 10.6 Å². The summed E-state index contributed by atoms with van der Waals surface area (Å²) in [5.74, 6) is 5.98. The highest BCUT2D eigenvalue weighted by molar-refractivity contribution is 6.32. The Morgan fingerprint density at radius 1 is 1.43 bits per heavy atom. The summed E-state index contributed by atoms with van der Waals surface area (Å²) in [5, 5.41) is 8.02. The van der Waals surface area contributed by atoms with Crippen LogP contribution in [0.2, 0.25) is 5.02 Å². The number of likely N-dealkylation sites (N-methyl/N-ethyl adjacent to an activating group) is 1. The topological polar surface area (TPSA) is 108 Å². The highest BCUT2D eigenvalue weighted by Crippen LogP contribution is 2.22. The Balaban J connectivity index is 2.00. The van der Waals surface area contributed by atoms with Gasteiger partial charge < -0.3 is 15.6 Å². The smallest absolute Gasteiger partial charge is 0.285 e. The van der Waals surface area contributed by atoms with Crippen molar-refractivity contribution in [2.24, 2.45) is 11.6 Å². The molecule has 8 nitrogen and oxygen atoms in total. The maximum absolute atomic E-state index is 11.5. The van der Waals surface area contributed by atoms with Crippen molar-refractivity contribution in [2.75, 3.05) is 44.2 Å². The minimum absolute atomic E-state index is 0.186. The van der Waals surface area contributed by atoms with Crippen LogP contribution in [-0.2, 0) is 0 Å². The molecule has 0 radical (unpaired) electrons. The van der Waals surface area contributed by atoms with Gasteiger partial charge in [-0.1, -0.05) is 11.6 Å². The van der Waals surface area contributed by atoms with Crippen LogP contribution in [0.25, 0.3) is 0 Å². The van der Waals surface area contributed by atoms with Gasteiger partial charge in [0.25, 0.3) is 5.56 Å². The van der Waals surface area contributed by atoms with E-state index in [9.17, 15) is 4.79 Å². The SMILES string of the molecule is CCN(N)/C(CN1CCN(c2cn[nH]c(=O)c2Cl)CC1)=C(/C)N. The number of allylic oxidation sites excluding steroid dienone is 1. The normalized spacial score (nSPS) is 17.1. The maximum atomic E-state index is 11.5. The molecule has 1 aromatic heterocycles. The summed E-state index contributed by atoms with van der Waals surface area (Å²) < 4.78 is 0. The first-order valence-corrected chi connectivity index (χ1v) is 7.99. The van der Waals surface area contributed by atoms with Gasteiger partial charge in [-0.05, 0) is 13.8 Å². The third kappa shape index (κ3) is 4.15. The molecule has 1 aliphatic heterocycles. The van der Waals surface area contributed by atoms with Crippen LogP contribution in [-0.4, -0.2) is 59.4 Å². The Morgan fingerprint density at radius 2 is 2.09 bits per heavy atom. The van der Waals surface area contributed by atoms with Gasteiger partial charge in [-0.2, -0.15) is 5.10 Å². The second-order valence-corrected chi connectivity index (χ2v) is 5.96. The van der Waals surface area contributed by atoms with Crippen LogP contribution < -0.4 is 22.0 Å². The molecule has 1 aromatic rings. The summed E-state index contributed by atoms with van der Waals surface area (Å²) in [4.78, 5) is 15.9. The molecule has 1 fully saturated rings. The van der Waals surface area contributed by atoms with Crippen molar-refractivity contribution in [3.63, 3.8) is 0 Å². The lowest BCUT2D eigenvalue weighted by Crippen LogP contribution is -2.49. The first-order valence-electron chi connectivity index (χ1n) is 7.62. The summed E-state index contributed by atoms with van der Waals surface area (Å²) in [5.41, 5.74) is 7.93. The van der Waals surface area contributed by atoms with Crippen molar-refractivity contribution in [1.82, 2.24) is 20.1 Å². The first-order chi connectivity index (χ1) is 10.9. The van der Waals surface area contributed by atoms with E-state index in [0.29, 0.717) is 18.8 Å². The Kier molecular flexibility index (Phi) is 5.86. The van der Waals surface area contributed by atoms with Crippen LogP contribution in [0.15, 0.2) is 22.4 Å². The molecule has 0 aromatic carbocycles. The molecule has 1 saturated heterocycles. The van der Waals surface area contributed by atoms with Crippen LogP contribution in [0.4, 0.5) is 5.69 Å². The summed E-state index contributed by atoms with van der Waals surface area (Å²) in [7, 11) is 0. The molecule has 128 valence electrons. The van der Waals surface area contributed by atoms with E-state index < -0.39 is 0 Å². The molecular formula is C14H24ClN7O. The molecule has 0 bridgehead atoms. The largest absolute Gasteiger partial charge is 0.401 e. The Morgan fingerprint density at radius 3 is 2.65 bits per heavy atom. The third-order valence-electron chi connectivity index (χ3n) is 4.01. The van der Waals surface area contributed by atoms with Gasteiger partial charge in [0.1, 0.15) is 5.02 Å². The number of piperazine rings is 1. The van der Waals surface area contributed by atoms with E-state index in [1.165, 1.54) is 0 Å². The van der Waals surface area contributed by atoms with Gasteiger partial charge >= 0.3 is 0 Å². The number of aromatic amines is 1. The van der Waals surface area contributed by atoms with Gasteiger partial charge in [-0.3, -0.25) is 9.69 Å². The fourth-order valence-corrected chi connectivity index (χ4v) is 2.80. The van der Waals surface area contributed by atoms with Gasteiger partial charge in [0.2, 0.25) is 0 Å². The number of nitrogens with two attached hydrogens (primary N) is 2. The minimum Gasteiger partial charge on any atom is -0.401 e. The van der Waals surface area contributed by atoms with Crippen LogP contribution in [0, 0.1) is 0 Å². The quantitative estimate of drug-likeness (QED) is 0.508. The molecule has 2 rings (SSSR count). The average Bonchev–Trinajstić information content (AvgIpc) is 2.55. The van der Waals surface area contributed by atoms with Crippen LogP contribution in [0.1, 0.15) is 13.8 Å². The van der Waals surface area contributed by atoms with E-state index >= 15 is 0 Å². The molecule has 9 heteroatoms. The molecule has 2 heterocycles. The second-order valence-electron chi connectivity index (χ2n) is 5.58.